The lowest BCUT2D eigenvalue weighted by Crippen LogP contribution is -2.43. The Morgan fingerprint density at radius 2 is 2.10 bits per heavy atom. The molecule has 0 aliphatic rings. The quantitative estimate of drug-likeness (QED) is 0.375. The van der Waals surface area contributed by atoms with Gasteiger partial charge in [-0.1, -0.05) is 26.0 Å². The molecule has 6 nitrogen and oxygen atoms in total. The highest BCUT2D eigenvalue weighted by Crippen LogP contribution is 2.12. The highest BCUT2D eigenvalue weighted by Gasteiger charge is 2.09. The molecule has 0 saturated carbocycles. The number of hydrogen-bond donors (Lipinski definition) is 2. The van der Waals surface area contributed by atoms with E-state index in [-0.39, 0.29) is 5.69 Å². The van der Waals surface area contributed by atoms with Crippen LogP contribution < -0.4 is 10.6 Å². The zero-order valence-electron chi connectivity index (χ0n) is 12.4. The number of nitro groups is 1. The molecule has 1 unspecified atom stereocenters. The summed E-state index contributed by atoms with van der Waals surface area (Å²) in [6, 6.07) is 6.87. The van der Waals surface area contributed by atoms with Gasteiger partial charge in [0.05, 0.1) is 4.92 Å². The standard InChI is InChI=1S/C14H22N4O2/c1-10(2)11(3)17-14(15-4)16-9-12-6-5-7-13(8-12)18(19)20/h5-8,10-11H,9H2,1-4H3,(H2,15,16,17). The first-order chi connectivity index (χ1) is 9.43. The van der Waals surface area contributed by atoms with E-state index in [1.54, 1.807) is 19.2 Å². The molecular formula is C14H22N4O2. The molecule has 20 heavy (non-hydrogen) atoms. The van der Waals surface area contributed by atoms with E-state index in [4.69, 9.17) is 0 Å². The molecule has 0 fully saturated rings. The summed E-state index contributed by atoms with van der Waals surface area (Å²) in [5.74, 6) is 1.18. The predicted octanol–water partition coefficient (Wildman–Crippen LogP) is 2.30. The summed E-state index contributed by atoms with van der Waals surface area (Å²) in [6.07, 6.45) is 0. The second-order valence-corrected chi connectivity index (χ2v) is 5.03. The van der Waals surface area contributed by atoms with Crippen molar-refractivity contribution in [3.05, 3.63) is 39.9 Å². The largest absolute Gasteiger partial charge is 0.354 e. The van der Waals surface area contributed by atoms with Gasteiger partial charge in [0.1, 0.15) is 0 Å². The normalized spacial score (nSPS) is 13.2. The van der Waals surface area contributed by atoms with Crippen molar-refractivity contribution in [2.45, 2.75) is 33.4 Å². The third-order valence-electron chi connectivity index (χ3n) is 3.17. The van der Waals surface area contributed by atoms with Crippen molar-refractivity contribution in [2.75, 3.05) is 7.05 Å². The molecule has 1 aromatic carbocycles. The van der Waals surface area contributed by atoms with Gasteiger partial charge in [0, 0.05) is 31.8 Å². The Morgan fingerprint density at radius 1 is 1.40 bits per heavy atom. The summed E-state index contributed by atoms with van der Waals surface area (Å²) in [4.78, 5) is 14.5. The van der Waals surface area contributed by atoms with Crippen molar-refractivity contribution in [2.24, 2.45) is 10.9 Å². The lowest BCUT2D eigenvalue weighted by molar-refractivity contribution is -0.384. The Kier molecular flexibility index (Phi) is 5.96. The summed E-state index contributed by atoms with van der Waals surface area (Å²) in [6.45, 7) is 6.84. The molecular weight excluding hydrogens is 256 g/mol. The Balaban J connectivity index is 2.61. The fourth-order valence-electron chi connectivity index (χ4n) is 1.54. The molecule has 0 aromatic heterocycles. The number of aliphatic imine (C=N–C) groups is 1. The minimum Gasteiger partial charge on any atom is -0.354 e. The molecule has 0 radical (unpaired) electrons. The summed E-state index contributed by atoms with van der Waals surface area (Å²) in [7, 11) is 1.70. The lowest BCUT2D eigenvalue weighted by Gasteiger charge is -2.20. The molecule has 0 heterocycles. The third-order valence-corrected chi connectivity index (χ3v) is 3.17. The highest BCUT2D eigenvalue weighted by atomic mass is 16.6. The molecule has 1 aromatic rings. The minimum absolute atomic E-state index is 0.0998. The smallest absolute Gasteiger partial charge is 0.269 e. The van der Waals surface area contributed by atoms with E-state index < -0.39 is 4.92 Å². The van der Waals surface area contributed by atoms with Gasteiger partial charge in [-0.15, -0.1) is 0 Å². The summed E-state index contributed by atoms with van der Waals surface area (Å²) in [5.41, 5.74) is 0.946. The van der Waals surface area contributed by atoms with Gasteiger partial charge >= 0.3 is 0 Å². The fraction of sp³-hybridized carbons (Fsp3) is 0.500. The number of non-ortho nitro benzene ring substituents is 1. The van der Waals surface area contributed by atoms with Gasteiger partial charge in [-0.2, -0.15) is 0 Å². The van der Waals surface area contributed by atoms with E-state index >= 15 is 0 Å². The molecule has 6 heteroatoms. The number of nitrogens with one attached hydrogen (secondary N) is 2. The van der Waals surface area contributed by atoms with Crippen LogP contribution in [0, 0.1) is 16.0 Å². The zero-order valence-corrected chi connectivity index (χ0v) is 12.4. The van der Waals surface area contributed by atoms with Gasteiger partial charge in [-0.05, 0) is 18.4 Å². The molecule has 0 aliphatic carbocycles. The second kappa shape index (κ2) is 7.47. The first kappa shape index (κ1) is 15.9. The van der Waals surface area contributed by atoms with E-state index in [0.717, 1.165) is 5.56 Å². The van der Waals surface area contributed by atoms with Crippen molar-refractivity contribution in [1.29, 1.82) is 0 Å². The van der Waals surface area contributed by atoms with Gasteiger partial charge < -0.3 is 10.6 Å². The number of guanidine groups is 1. The predicted molar refractivity (Wildman–Crippen MR) is 80.7 cm³/mol. The monoisotopic (exact) mass is 278 g/mol. The van der Waals surface area contributed by atoms with Crippen LogP contribution in [0.4, 0.5) is 5.69 Å². The molecule has 1 rings (SSSR count). The first-order valence-electron chi connectivity index (χ1n) is 6.64. The van der Waals surface area contributed by atoms with Crippen LogP contribution in [-0.4, -0.2) is 24.0 Å². The van der Waals surface area contributed by atoms with E-state index in [9.17, 15) is 10.1 Å². The van der Waals surface area contributed by atoms with E-state index in [0.29, 0.717) is 24.5 Å². The minimum atomic E-state index is -0.391. The van der Waals surface area contributed by atoms with Gasteiger partial charge in [0.2, 0.25) is 0 Å². The molecule has 0 amide bonds. The van der Waals surface area contributed by atoms with Crippen LogP contribution in [0.1, 0.15) is 26.3 Å². The summed E-state index contributed by atoms with van der Waals surface area (Å²) < 4.78 is 0. The highest BCUT2D eigenvalue weighted by molar-refractivity contribution is 5.79. The average molecular weight is 278 g/mol. The Labute approximate surface area is 119 Å². The van der Waals surface area contributed by atoms with Crippen molar-refractivity contribution in [1.82, 2.24) is 10.6 Å². The van der Waals surface area contributed by atoms with Gasteiger partial charge in [0.25, 0.3) is 5.69 Å². The molecule has 110 valence electrons. The van der Waals surface area contributed by atoms with Crippen molar-refractivity contribution < 1.29 is 4.92 Å². The Morgan fingerprint density at radius 3 is 2.65 bits per heavy atom. The van der Waals surface area contributed by atoms with Gasteiger partial charge in [-0.25, -0.2) is 0 Å². The van der Waals surface area contributed by atoms with Gasteiger partial charge in [-0.3, -0.25) is 15.1 Å². The summed E-state index contributed by atoms with van der Waals surface area (Å²) in [5, 5.41) is 17.1. The number of benzene rings is 1. The number of nitrogens with zero attached hydrogens (tertiary/aromatic N) is 2. The van der Waals surface area contributed by atoms with Crippen LogP contribution in [0.25, 0.3) is 0 Å². The second-order valence-electron chi connectivity index (χ2n) is 5.03. The van der Waals surface area contributed by atoms with Gasteiger partial charge in [0.15, 0.2) is 5.96 Å². The number of hydrogen-bond acceptors (Lipinski definition) is 3. The SMILES string of the molecule is CN=C(NCc1cccc([N+](=O)[O-])c1)NC(C)C(C)C. The maximum Gasteiger partial charge on any atom is 0.269 e. The van der Waals surface area contributed by atoms with E-state index in [2.05, 4.69) is 36.4 Å². The van der Waals surface area contributed by atoms with Crippen LogP contribution in [0.2, 0.25) is 0 Å². The average Bonchev–Trinajstić information content (AvgIpc) is 2.43. The zero-order chi connectivity index (χ0) is 15.1. The topological polar surface area (TPSA) is 79.6 Å². The van der Waals surface area contributed by atoms with Crippen LogP contribution in [-0.2, 0) is 6.54 Å². The van der Waals surface area contributed by atoms with E-state index in [1.165, 1.54) is 6.07 Å². The van der Waals surface area contributed by atoms with Crippen LogP contribution in [0.5, 0.6) is 0 Å². The first-order valence-corrected chi connectivity index (χ1v) is 6.64. The molecule has 0 saturated heterocycles. The molecule has 0 spiro atoms. The van der Waals surface area contributed by atoms with Crippen molar-refractivity contribution in [3.63, 3.8) is 0 Å². The lowest BCUT2D eigenvalue weighted by atomic mass is 10.1. The Bertz CT molecular complexity index is 486. The molecule has 0 aliphatic heterocycles. The number of nitro benzene ring substituents is 1. The van der Waals surface area contributed by atoms with Crippen LogP contribution >= 0.6 is 0 Å². The van der Waals surface area contributed by atoms with Crippen molar-refractivity contribution >= 4 is 11.6 Å². The molecule has 2 N–H and O–H groups in total. The fourth-order valence-corrected chi connectivity index (χ4v) is 1.54. The maximum absolute atomic E-state index is 10.7. The Hall–Kier alpha value is -2.11. The molecule has 1 atom stereocenters. The summed E-state index contributed by atoms with van der Waals surface area (Å²) >= 11 is 0. The van der Waals surface area contributed by atoms with Crippen LogP contribution in [0.15, 0.2) is 29.3 Å². The molecule has 0 bridgehead atoms. The maximum atomic E-state index is 10.7. The van der Waals surface area contributed by atoms with Crippen molar-refractivity contribution in [3.8, 4) is 0 Å². The van der Waals surface area contributed by atoms with Crippen LogP contribution in [0.3, 0.4) is 0 Å². The van der Waals surface area contributed by atoms with E-state index in [1.807, 2.05) is 6.07 Å². The third kappa shape index (κ3) is 4.87. The number of rotatable bonds is 5.